The first-order valence-corrected chi connectivity index (χ1v) is 9.88. The van der Waals surface area contributed by atoms with Crippen LogP contribution in [0.1, 0.15) is 36.5 Å². The van der Waals surface area contributed by atoms with Gasteiger partial charge in [-0.3, -0.25) is 4.79 Å². The molecule has 0 saturated heterocycles. The summed E-state index contributed by atoms with van der Waals surface area (Å²) >= 11 is 0. The molecule has 0 saturated carbocycles. The van der Waals surface area contributed by atoms with E-state index in [-0.39, 0.29) is 29.9 Å². The molecule has 7 nitrogen and oxygen atoms in total. The first-order chi connectivity index (χ1) is 15.0. The molecule has 0 aliphatic rings. The molecule has 1 atom stereocenters. The molecule has 0 amide bonds. The number of esters is 1. The molecule has 0 N–H and O–H groups in total. The number of aryl methyl sites for hydroxylation is 2. The van der Waals surface area contributed by atoms with Crippen LogP contribution in [0.15, 0.2) is 65.4 Å². The van der Waals surface area contributed by atoms with Crippen LogP contribution >= 0.6 is 0 Å². The molecule has 0 bridgehead atoms. The van der Waals surface area contributed by atoms with Crippen LogP contribution in [0.5, 0.6) is 0 Å². The zero-order chi connectivity index (χ0) is 21.8. The molecule has 158 valence electrons. The van der Waals surface area contributed by atoms with Crippen molar-refractivity contribution < 1.29 is 18.4 Å². The Morgan fingerprint density at radius 3 is 2.81 bits per heavy atom. The van der Waals surface area contributed by atoms with Gasteiger partial charge < -0.3 is 9.26 Å². The number of ether oxygens (including phenoxy) is 1. The van der Waals surface area contributed by atoms with E-state index < -0.39 is 6.10 Å². The topological polar surface area (TPSA) is 83.0 Å². The van der Waals surface area contributed by atoms with Crippen LogP contribution < -0.4 is 0 Å². The standard InChI is InChI=1S/C23H21FN4O3/c1-15-8-10-18(12-20(15)24)22-26-23(31-27-22)16(2)30-21(29)11-9-17-13-25-28(14-17)19-6-4-3-5-7-19/h3-8,10,12-14,16H,9,11H2,1-2H3. The molecule has 2 aromatic heterocycles. The fraction of sp³-hybridized carbons (Fsp3) is 0.217. The first-order valence-electron chi connectivity index (χ1n) is 9.88. The van der Waals surface area contributed by atoms with Gasteiger partial charge in [0.2, 0.25) is 5.82 Å². The zero-order valence-electron chi connectivity index (χ0n) is 17.2. The molecule has 0 aliphatic heterocycles. The molecule has 1 unspecified atom stereocenters. The summed E-state index contributed by atoms with van der Waals surface area (Å²) in [4.78, 5) is 16.5. The van der Waals surface area contributed by atoms with Gasteiger partial charge in [0.25, 0.3) is 5.89 Å². The fourth-order valence-electron chi connectivity index (χ4n) is 3.01. The van der Waals surface area contributed by atoms with Crippen molar-refractivity contribution in [1.82, 2.24) is 19.9 Å². The molecule has 0 radical (unpaired) electrons. The van der Waals surface area contributed by atoms with E-state index in [1.807, 2.05) is 36.5 Å². The molecular weight excluding hydrogens is 399 g/mol. The van der Waals surface area contributed by atoms with E-state index in [0.717, 1.165) is 11.3 Å². The van der Waals surface area contributed by atoms with Gasteiger partial charge in [-0.15, -0.1) is 0 Å². The Balaban J connectivity index is 1.32. The SMILES string of the molecule is Cc1ccc(-c2noc(C(C)OC(=O)CCc3cnn(-c4ccccc4)c3)n2)cc1F. The number of aromatic nitrogens is 4. The largest absolute Gasteiger partial charge is 0.453 e. The van der Waals surface area contributed by atoms with Crippen LogP contribution in [-0.2, 0) is 16.0 Å². The van der Waals surface area contributed by atoms with Crippen molar-refractivity contribution in [2.24, 2.45) is 0 Å². The third kappa shape index (κ3) is 4.85. The number of halogens is 1. The van der Waals surface area contributed by atoms with Crippen molar-refractivity contribution in [3.05, 3.63) is 83.8 Å². The summed E-state index contributed by atoms with van der Waals surface area (Å²) in [7, 11) is 0. The molecule has 2 aromatic carbocycles. The summed E-state index contributed by atoms with van der Waals surface area (Å²) in [5.41, 5.74) is 2.90. The Bertz CT molecular complexity index is 1190. The van der Waals surface area contributed by atoms with Crippen LogP contribution in [0.4, 0.5) is 4.39 Å². The highest BCUT2D eigenvalue weighted by Gasteiger charge is 2.20. The van der Waals surface area contributed by atoms with Crippen molar-refractivity contribution in [2.45, 2.75) is 32.8 Å². The molecule has 31 heavy (non-hydrogen) atoms. The second-order valence-electron chi connectivity index (χ2n) is 7.18. The molecule has 8 heteroatoms. The van der Waals surface area contributed by atoms with Gasteiger partial charge in [0.15, 0.2) is 6.10 Å². The van der Waals surface area contributed by atoms with Crippen molar-refractivity contribution in [1.29, 1.82) is 0 Å². The van der Waals surface area contributed by atoms with E-state index in [1.165, 1.54) is 6.07 Å². The zero-order valence-corrected chi connectivity index (χ0v) is 17.2. The Hall–Kier alpha value is -3.81. The lowest BCUT2D eigenvalue weighted by molar-refractivity contribution is -0.149. The van der Waals surface area contributed by atoms with Crippen molar-refractivity contribution in [3.63, 3.8) is 0 Å². The number of carbonyl (C=O) groups excluding carboxylic acids is 1. The van der Waals surface area contributed by atoms with Crippen molar-refractivity contribution in [3.8, 4) is 17.1 Å². The number of hydrogen-bond acceptors (Lipinski definition) is 6. The lowest BCUT2D eigenvalue weighted by atomic mass is 10.1. The first kappa shape index (κ1) is 20.5. The van der Waals surface area contributed by atoms with Gasteiger partial charge in [-0.05, 0) is 49.6 Å². The highest BCUT2D eigenvalue weighted by Crippen LogP contribution is 2.23. The van der Waals surface area contributed by atoms with E-state index in [0.29, 0.717) is 17.5 Å². The molecule has 2 heterocycles. The van der Waals surface area contributed by atoms with Crippen LogP contribution in [0, 0.1) is 12.7 Å². The normalized spacial score (nSPS) is 12.0. The second kappa shape index (κ2) is 8.91. The van der Waals surface area contributed by atoms with Crippen molar-refractivity contribution in [2.75, 3.05) is 0 Å². The minimum Gasteiger partial charge on any atom is -0.453 e. The lowest BCUT2D eigenvalue weighted by Crippen LogP contribution is -2.10. The predicted molar refractivity (Wildman–Crippen MR) is 111 cm³/mol. The summed E-state index contributed by atoms with van der Waals surface area (Å²) in [6, 6.07) is 14.4. The highest BCUT2D eigenvalue weighted by atomic mass is 19.1. The fourth-order valence-corrected chi connectivity index (χ4v) is 3.01. The summed E-state index contributed by atoms with van der Waals surface area (Å²) in [6.45, 7) is 3.33. The smallest absolute Gasteiger partial charge is 0.306 e. The predicted octanol–water partition coefficient (Wildman–Crippen LogP) is 4.61. The summed E-state index contributed by atoms with van der Waals surface area (Å²) in [6.07, 6.45) is 3.59. The highest BCUT2D eigenvalue weighted by molar-refractivity contribution is 5.70. The minimum atomic E-state index is -0.712. The Morgan fingerprint density at radius 2 is 2.03 bits per heavy atom. The van der Waals surface area contributed by atoms with Crippen LogP contribution in [-0.4, -0.2) is 25.9 Å². The number of benzene rings is 2. The number of rotatable bonds is 7. The van der Waals surface area contributed by atoms with Gasteiger partial charge in [0.1, 0.15) is 5.82 Å². The maximum atomic E-state index is 13.8. The van der Waals surface area contributed by atoms with Gasteiger partial charge in [-0.2, -0.15) is 10.1 Å². The van der Waals surface area contributed by atoms with E-state index in [9.17, 15) is 9.18 Å². The number of hydrogen-bond donors (Lipinski definition) is 0. The molecule has 0 aliphatic carbocycles. The number of nitrogens with zero attached hydrogens (tertiary/aromatic N) is 4. The molecule has 4 aromatic rings. The Morgan fingerprint density at radius 1 is 1.23 bits per heavy atom. The molecule has 0 spiro atoms. The number of carbonyl (C=O) groups is 1. The maximum absolute atomic E-state index is 13.8. The Labute approximate surface area is 178 Å². The third-order valence-electron chi connectivity index (χ3n) is 4.80. The van der Waals surface area contributed by atoms with Crippen LogP contribution in [0.3, 0.4) is 0 Å². The third-order valence-corrected chi connectivity index (χ3v) is 4.80. The minimum absolute atomic E-state index is 0.154. The van der Waals surface area contributed by atoms with E-state index >= 15 is 0 Å². The maximum Gasteiger partial charge on any atom is 0.306 e. The van der Waals surface area contributed by atoms with Gasteiger partial charge in [0.05, 0.1) is 11.9 Å². The lowest BCUT2D eigenvalue weighted by Gasteiger charge is -2.08. The quantitative estimate of drug-likeness (QED) is 0.406. The Kier molecular flexibility index (Phi) is 5.88. The second-order valence-corrected chi connectivity index (χ2v) is 7.18. The van der Waals surface area contributed by atoms with Gasteiger partial charge in [-0.25, -0.2) is 9.07 Å². The molecule has 4 rings (SSSR count). The van der Waals surface area contributed by atoms with Gasteiger partial charge >= 0.3 is 5.97 Å². The van der Waals surface area contributed by atoms with Gasteiger partial charge in [0, 0.05) is 18.2 Å². The summed E-state index contributed by atoms with van der Waals surface area (Å²) in [5, 5.41) is 8.18. The van der Waals surface area contributed by atoms with E-state index in [2.05, 4.69) is 15.2 Å². The van der Waals surface area contributed by atoms with Crippen LogP contribution in [0.2, 0.25) is 0 Å². The van der Waals surface area contributed by atoms with Crippen molar-refractivity contribution >= 4 is 5.97 Å². The monoisotopic (exact) mass is 420 g/mol. The number of para-hydroxylation sites is 1. The summed E-state index contributed by atoms with van der Waals surface area (Å²) in [5.74, 6) is -0.341. The molecule has 0 fully saturated rings. The average Bonchev–Trinajstić information content (AvgIpc) is 3.45. The molecular formula is C23H21FN4O3. The van der Waals surface area contributed by atoms with E-state index in [1.54, 1.807) is 36.9 Å². The van der Waals surface area contributed by atoms with Gasteiger partial charge in [-0.1, -0.05) is 35.5 Å². The van der Waals surface area contributed by atoms with E-state index in [4.69, 9.17) is 9.26 Å². The van der Waals surface area contributed by atoms with Crippen LogP contribution in [0.25, 0.3) is 17.1 Å². The summed E-state index contributed by atoms with van der Waals surface area (Å²) < 4.78 is 26.1. The average molecular weight is 420 g/mol.